The highest BCUT2D eigenvalue weighted by molar-refractivity contribution is 8.00. The number of aromatic nitrogens is 3. The molecule has 23 heavy (non-hydrogen) atoms. The van der Waals surface area contributed by atoms with Crippen LogP contribution in [0.2, 0.25) is 0 Å². The first-order valence-electron chi connectivity index (χ1n) is 6.84. The molecule has 2 unspecified atom stereocenters. The molecule has 0 saturated carbocycles. The molecule has 1 heterocycles. The number of carbonyl (C=O) groups is 1. The van der Waals surface area contributed by atoms with Crippen LogP contribution in [-0.4, -0.2) is 26.1 Å². The van der Waals surface area contributed by atoms with Crippen LogP contribution in [0, 0.1) is 5.82 Å². The van der Waals surface area contributed by atoms with E-state index in [1.807, 2.05) is 6.92 Å². The third-order valence-corrected chi connectivity index (χ3v) is 3.99. The number of halogens is 1. The number of nitrogens with two attached hydrogens (primary N) is 2. The molecule has 1 aromatic carbocycles. The Morgan fingerprint density at radius 3 is 2.26 bits per heavy atom. The summed E-state index contributed by atoms with van der Waals surface area (Å²) in [6.07, 6.45) is 0. The van der Waals surface area contributed by atoms with Gasteiger partial charge in [-0.3, -0.25) is 4.79 Å². The van der Waals surface area contributed by atoms with Crippen LogP contribution in [0.5, 0.6) is 0 Å². The van der Waals surface area contributed by atoms with Crippen molar-refractivity contribution >= 4 is 29.6 Å². The Hall–Kier alpha value is -2.42. The number of carbonyl (C=O) groups excluding carboxylic acids is 1. The molecule has 9 heteroatoms. The maximum atomic E-state index is 12.9. The van der Waals surface area contributed by atoms with Crippen LogP contribution in [-0.2, 0) is 4.79 Å². The van der Waals surface area contributed by atoms with Gasteiger partial charge in [0, 0.05) is 0 Å². The molecule has 0 bridgehead atoms. The average Bonchev–Trinajstić information content (AvgIpc) is 2.46. The smallest absolute Gasteiger partial charge is 0.233 e. The van der Waals surface area contributed by atoms with Gasteiger partial charge in [-0.05, 0) is 31.5 Å². The second kappa shape index (κ2) is 7.23. The number of amides is 1. The van der Waals surface area contributed by atoms with Crippen molar-refractivity contribution in [2.24, 2.45) is 0 Å². The molecule has 7 nitrogen and oxygen atoms in total. The zero-order valence-electron chi connectivity index (χ0n) is 12.7. The molecule has 2 rings (SSSR count). The minimum absolute atomic E-state index is 0.00675. The summed E-state index contributed by atoms with van der Waals surface area (Å²) in [6, 6.07) is 5.72. The van der Waals surface area contributed by atoms with Gasteiger partial charge < -0.3 is 16.8 Å². The van der Waals surface area contributed by atoms with Gasteiger partial charge in [0.15, 0.2) is 5.16 Å². The zero-order chi connectivity index (χ0) is 17.0. The Kier molecular flexibility index (Phi) is 5.32. The maximum absolute atomic E-state index is 12.9. The van der Waals surface area contributed by atoms with Gasteiger partial charge in [0.05, 0.1) is 11.3 Å². The van der Waals surface area contributed by atoms with Gasteiger partial charge in [-0.2, -0.15) is 15.0 Å². The minimum Gasteiger partial charge on any atom is -0.368 e. The van der Waals surface area contributed by atoms with Gasteiger partial charge in [0.1, 0.15) is 5.82 Å². The summed E-state index contributed by atoms with van der Waals surface area (Å²) in [5, 5.41) is 2.67. The summed E-state index contributed by atoms with van der Waals surface area (Å²) >= 11 is 1.13. The van der Waals surface area contributed by atoms with Crippen molar-refractivity contribution in [1.29, 1.82) is 0 Å². The topological polar surface area (TPSA) is 120 Å². The summed E-state index contributed by atoms with van der Waals surface area (Å²) in [5.74, 6) is -0.509. The van der Waals surface area contributed by atoms with Crippen LogP contribution in [0.15, 0.2) is 29.4 Å². The van der Waals surface area contributed by atoms with Crippen LogP contribution in [0.1, 0.15) is 25.5 Å². The number of nitrogen functional groups attached to an aromatic ring is 2. The average molecular weight is 336 g/mol. The Morgan fingerprint density at radius 1 is 1.13 bits per heavy atom. The summed E-state index contributed by atoms with van der Waals surface area (Å²) in [6.45, 7) is 3.54. The van der Waals surface area contributed by atoms with E-state index >= 15 is 0 Å². The third-order valence-electron chi connectivity index (χ3n) is 3.03. The molecular formula is C14H17FN6OS. The second-order valence-electron chi connectivity index (χ2n) is 4.88. The number of anilines is 2. The minimum atomic E-state index is -0.459. The van der Waals surface area contributed by atoms with Crippen LogP contribution < -0.4 is 16.8 Å². The molecule has 0 saturated heterocycles. The third kappa shape index (κ3) is 4.78. The molecule has 0 fully saturated rings. The van der Waals surface area contributed by atoms with E-state index in [0.29, 0.717) is 0 Å². The highest BCUT2D eigenvalue weighted by atomic mass is 32.2. The molecule has 0 aliphatic heterocycles. The van der Waals surface area contributed by atoms with E-state index in [2.05, 4.69) is 20.3 Å². The van der Waals surface area contributed by atoms with Crippen LogP contribution >= 0.6 is 11.8 Å². The fourth-order valence-electron chi connectivity index (χ4n) is 1.82. The molecule has 0 spiro atoms. The summed E-state index contributed by atoms with van der Waals surface area (Å²) in [4.78, 5) is 23.7. The van der Waals surface area contributed by atoms with Crippen molar-refractivity contribution in [3.05, 3.63) is 35.6 Å². The standard InChI is InChI=1S/C14H17FN6OS/c1-7(9-3-5-10(15)6-4-9)18-11(22)8(2)23-14-20-12(16)19-13(17)21-14/h3-8H,1-2H3,(H,18,22)(H4,16,17,19,20,21). The molecule has 1 amide bonds. The fraction of sp³-hybridized carbons (Fsp3) is 0.286. The van der Waals surface area contributed by atoms with Gasteiger partial charge in [0.25, 0.3) is 0 Å². The summed E-state index contributed by atoms with van der Waals surface area (Å²) in [5.41, 5.74) is 11.8. The first kappa shape index (κ1) is 16.9. The molecule has 0 radical (unpaired) electrons. The number of hydrogen-bond acceptors (Lipinski definition) is 7. The number of nitrogens with one attached hydrogen (secondary N) is 1. The van der Waals surface area contributed by atoms with E-state index in [1.54, 1.807) is 19.1 Å². The number of rotatable bonds is 5. The van der Waals surface area contributed by atoms with Crippen molar-refractivity contribution in [2.75, 3.05) is 11.5 Å². The molecule has 122 valence electrons. The highest BCUT2D eigenvalue weighted by Crippen LogP contribution is 2.21. The summed E-state index contributed by atoms with van der Waals surface area (Å²) < 4.78 is 12.9. The first-order valence-corrected chi connectivity index (χ1v) is 7.72. The van der Waals surface area contributed by atoms with E-state index in [0.717, 1.165) is 17.3 Å². The van der Waals surface area contributed by atoms with Crippen molar-refractivity contribution in [3.63, 3.8) is 0 Å². The first-order chi connectivity index (χ1) is 10.8. The number of nitrogens with zero attached hydrogens (tertiary/aromatic N) is 3. The Balaban J connectivity index is 1.97. The largest absolute Gasteiger partial charge is 0.368 e. The lowest BCUT2D eigenvalue weighted by molar-refractivity contribution is -0.120. The van der Waals surface area contributed by atoms with E-state index in [4.69, 9.17) is 11.5 Å². The Bertz CT molecular complexity index is 676. The SMILES string of the molecule is CC(Sc1nc(N)nc(N)n1)C(=O)NC(C)c1ccc(F)cc1. The van der Waals surface area contributed by atoms with Crippen LogP contribution in [0.25, 0.3) is 0 Å². The molecule has 2 aromatic rings. The van der Waals surface area contributed by atoms with Crippen molar-refractivity contribution in [3.8, 4) is 0 Å². The van der Waals surface area contributed by atoms with E-state index < -0.39 is 5.25 Å². The highest BCUT2D eigenvalue weighted by Gasteiger charge is 2.19. The molecule has 5 N–H and O–H groups in total. The predicted octanol–water partition coefficient (Wildman–Crippen LogP) is 1.53. The lowest BCUT2D eigenvalue weighted by Crippen LogP contribution is -2.33. The molecular weight excluding hydrogens is 319 g/mol. The zero-order valence-corrected chi connectivity index (χ0v) is 13.5. The van der Waals surface area contributed by atoms with Gasteiger partial charge in [-0.1, -0.05) is 23.9 Å². The van der Waals surface area contributed by atoms with E-state index in [1.165, 1.54) is 12.1 Å². The van der Waals surface area contributed by atoms with Crippen LogP contribution in [0.4, 0.5) is 16.3 Å². The number of benzene rings is 1. The maximum Gasteiger partial charge on any atom is 0.233 e. The second-order valence-corrected chi connectivity index (χ2v) is 6.18. The van der Waals surface area contributed by atoms with Gasteiger partial charge >= 0.3 is 0 Å². The van der Waals surface area contributed by atoms with E-state index in [-0.39, 0.29) is 34.8 Å². The lowest BCUT2D eigenvalue weighted by Gasteiger charge is -2.17. The van der Waals surface area contributed by atoms with Crippen molar-refractivity contribution < 1.29 is 9.18 Å². The number of thioether (sulfide) groups is 1. The van der Waals surface area contributed by atoms with Crippen molar-refractivity contribution in [1.82, 2.24) is 20.3 Å². The molecule has 0 aliphatic carbocycles. The monoisotopic (exact) mass is 336 g/mol. The summed E-state index contributed by atoms with van der Waals surface area (Å²) in [7, 11) is 0. The molecule has 1 aromatic heterocycles. The van der Waals surface area contributed by atoms with E-state index in [9.17, 15) is 9.18 Å². The Morgan fingerprint density at radius 2 is 1.70 bits per heavy atom. The van der Waals surface area contributed by atoms with Gasteiger partial charge in [-0.15, -0.1) is 0 Å². The fourth-order valence-corrected chi connectivity index (χ4v) is 2.60. The normalized spacial score (nSPS) is 13.3. The van der Waals surface area contributed by atoms with Crippen molar-refractivity contribution in [2.45, 2.75) is 30.3 Å². The number of hydrogen-bond donors (Lipinski definition) is 3. The predicted molar refractivity (Wildman–Crippen MR) is 86.9 cm³/mol. The lowest BCUT2D eigenvalue weighted by atomic mass is 10.1. The van der Waals surface area contributed by atoms with Gasteiger partial charge in [-0.25, -0.2) is 4.39 Å². The molecule has 2 atom stereocenters. The van der Waals surface area contributed by atoms with Crippen LogP contribution in [0.3, 0.4) is 0 Å². The molecule has 0 aliphatic rings. The van der Waals surface area contributed by atoms with Gasteiger partial charge in [0.2, 0.25) is 17.8 Å². The Labute approximate surface area is 137 Å². The quantitative estimate of drug-likeness (QED) is 0.708.